The lowest BCUT2D eigenvalue weighted by molar-refractivity contribution is -0.110. The van der Waals surface area contributed by atoms with Crippen molar-refractivity contribution in [3.05, 3.63) is 65.7 Å². The molecular formula is C17H13NO3. The van der Waals surface area contributed by atoms with Crippen LogP contribution < -0.4 is 10.1 Å². The average molecular weight is 279 g/mol. The van der Waals surface area contributed by atoms with E-state index in [0.29, 0.717) is 16.9 Å². The highest BCUT2D eigenvalue weighted by molar-refractivity contribution is 6.35. The van der Waals surface area contributed by atoms with E-state index >= 15 is 0 Å². The molecule has 2 aromatic carbocycles. The normalized spacial score (nSPS) is 14.7. The van der Waals surface area contributed by atoms with Crippen molar-refractivity contribution in [3.63, 3.8) is 0 Å². The molecule has 0 aromatic heterocycles. The summed E-state index contributed by atoms with van der Waals surface area (Å²) in [6.07, 6.45) is 1.36. The molecule has 0 aliphatic carbocycles. The number of hydrogen-bond donors (Lipinski definition) is 1. The van der Waals surface area contributed by atoms with Crippen LogP contribution in [0.15, 0.2) is 54.6 Å². The van der Waals surface area contributed by atoms with Crippen molar-refractivity contribution >= 4 is 23.0 Å². The fraction of sp³-hybridized carbons (Fsp3) is 0.0588. The van der Waals surface area contributed by atoms with Gasteiger partial charge in [-0.3, -0.25) is 9.59 Å². The van der Waals surface area contributed by atoms with Gasteiger partial charge < -0.3 is 10.1 Å². The first-order valence-electron chi connectivity index (χ1n) is 6.50. The first-order chi connectivity index (χ1) is 10.2. The number of benzene rings is 2. The van der Waals surface area contributed by atoms with E-state index in [1.54, 1.807) is 24.3 Å². The Balaban J connectivity index is 2.02. The molecule has 1 aliphatic rings. The second-order valence-electron chi connectivity index (χ2n) is 4.62. The van der Waals surface area contributed by atoms with E-state index in [0.717, 1.165) is 11.3 Å². The highest BCUT2D eigenvalue weighted by Gasteiger charge is 2.24. The Labute approximate surface area is 122 Å². The largest absolute Gasteiger partial charge is 0.496 e. The summed E-state index contributed by atoms with van der Waals surface area (Å²) in [5.74, 6) is -0.0280. The van der Waals surface area contributed by atoms with E-state index in [9.17, 15) is 9.59 Å². The number of amides is 1. The Morgan fingerprint density at radius 1 is 1.10 bits per heavy atom. The lowest BCUT2D eigenvalue weighted by atomic mass is 10.0. The zero-order chi connectivity index (χ0) is 14.8. The van der Waals surface area contributed by atoms with Crippen molar-refractivity contribution in [1.82, 2.24) is 0 Å². The van der Waals surface area contributed by atoms with Gasteiger partial charge in [0.15, 0.2) is 5.78 Å². The maximum Gasteiger partial charge on any atom is 0.256 e. The van der Waals surface area contributed by atoms with E-state index in [1.165, 1.54) is 13.2 Å². The predicted octanol–water partition coefficient (Wildman–Crippen LogP) is 2.91. The van der Waals surface area contributed by atoms with Crippen LogP contribution in [-0.2, 0) is 4.79 Å². The van der Waals surface area contributed by atoms with Crippen LogP contribution in [0.2, 0.25) is 0 Å². The SMILES string of the molecule is COc1ccccc1C(=O)C=C1C(=O)Nc2ccccc21. The summed E-state index contributed by atoms with van der Waals surface area (Å²) in [4.78, 5) is 24.4. The summed E-state index contributed by atoms with van der Waals surface area (Å²) in [5.41, 5.74) is 2.28. The Morgan fingerprint density at radius 2 is 1.81 bits per heavy atom. The molecule has 1 aliphatic heterocycles. The van der Waals surface area contributed by atoms with Gasteiger partial charge >= 0.3 is 0 Å². The maximum atomic E-state index is 12.4. The van der Waals surface area contributed by atoms with Crippen LogP contribution in [0.4, 0.5) is 5.69 Å². The predicted molar refractivity (Wildman–Crippen MR) is 80.4 cm³/mol. The first-order valence-corrected chi connectivity index (χ1v) is 6.50. The third kappa shape index (κ3) is 2.31. The van der Waals surface area contributed by atoms with Gasteiger partial charge in [-0.25, -0.2) is 0 Å². The second kappa shape index (κ2) is 5.25. The summed E-state index contributed by atoms with van der Waals surface area (Å²) < 4.78 is 5.18. The van der Waals surface area contributed by atoms with Crippen LogP contribution >= 0.6 is 0 Å². The Hall–Kier alpha value is -2.88. The molecule has 0 fully saturated rings. The molecule has 4 nitrogen and oxygen atoms in total. The molecule has 0 saturated heterocycles. The molecule has 0 saturated carbocycles. The van der Waals surface area contributed by atoms with E-state index in [-0.39, 0.29) is 11.7 Å². The fourth-order valence-electron chi connectivity index (χ4n) is 2.34. The third-order valence-corrected chi connectivity index (χ3v) is 3.36. The number of carbonyl (C=O) groups excluding carboxylic acids is 2. The number of para-hydroxylation sites is 2. The van der Waals surface area contributed by atoms with E-state index in [2.05, 4.69) is 5.32 Å². The number of carbonyl (C=O) groups is 2. The number of anilines is 1. The van der Waals surface area contributed by atoms with Crippen LogP contribution in [0.1, 0.15) is 15.9 Å². The van der Waals surface area contributed by atoms with Crippen molar-refractivity contribution in [3.8, 4) is 5.75 Å². The number of hydrogen-bond acceptors (Lipinski definition) is 3. The van der Waals surface area contributed by atoms with Crippen LogP contribution in [0.5, 0.6) is 5.75 Å². The summed E-state index contributed by atoms with van der Waals surface area (Å²) in [5, 5.41) is 2.74. The van der Waals surface area contributed by atoms with Crippen LogP contribution in [-0.4, -0.2) is 18.8 Å². The van der Waals surface area contributed by atoms with Crippen molar-refractivity contribution in [1.29, 1.82) is 0 Å². The van der Waals surface area contributed by atoms with Crippen molar-refractivity contribution in [2.75, 3.05) is 12.4 Å². The second-order valence-corrected chi connectivity index (χ2v) is 4.62. The standard InChI is InChI=1S/C17H13NO3/c1-21-16-9-5-3-7-12(16)15(19)10-13-11-6-2-4-8-14(11)18-17(13)20/h2-10H,1H3,(H,18,20). The molecule has 104 valence electrons. The van der Waals surface area contributed by atoms with Gasteiger partial charge in [0.2, 0.25) is 0 Å². The molecule has 3 rings (SSSR count). The van der Waals surface area contributed by atoms with Crippen LogP contribution in [0, 0.1) is 0 Å². The average Bonchev–Trinajstić information content (AvgIpc) is 2.83. The number of methoxy groups -OCH3 is 1. The zero-order valence-electron chi connectivity index (χ0n) is 11.4. The summed E-state index contributed by atoms with van der Waals surface area (Å²) in [6.45, 7) is 0. The first kappa shape index (κ1) is 13.1. The molecule has 0 atom stereocenters. The van der Waals surface area contributed by atoms with Gasteiger partial charge in [0.1, 0.15) is 5.75 Å². The van der Waals surface area contributed by atoms with Gasteiger partial charge in [0, 0.05) is 11.3 Å². The molecule has 0 unspecified atom stereocenters. The number of ketones is 1. The fourth-order valence-corrected chi connectivity index (χ4v) is 2.34. The summed E-state index contributed by atoms with van der Waals surface area (Å²) in [7, 11) is 1.51. The topological polar surface area (TPSA) is 55.4 Å². The molecule has 0 spiro atoms. The molecular weight excluding hydrogens is 266 g/mol. The van der Waals surface area contributed by atoms with Crippen LogP contribution in [0.25, 0.3) is 5.57 Å². The Bertz CT molecular complexity index is 762. The van der Waals surface area contributed by atoms with E-state index in [1.807, 2.05) is 24.3 Å². The maximum absolute atomic E-state index is 12.4. The van der Waals surface area contributed by atoms with Crippen molar-refractivity contribution < 1.29 is 14.3 Å². The van der Waals surface area contributed by atoms with Gasteiger partial charge in [-0.1, -0.05) is 30.3 Å². The van der Waals surface area contributed by atoms with E-state index in [4.69, 9.17) is 4.74 Å². The number of nitrogens with one attached hydrogen (secondary N) is 1. The minimum absolute atomic E-state index is 0.255. The Morgan fingerprint density at radius 3 is 2.62 bits per heavy atom. The summed E-state index contributed by atoms with van der Waals surface area (Å²) >= 11 is 0. The monoisotopic (exact) mass is 279 g/mol. The minimum Gasteiger partial charge on any atom is -0.496 e. The lowest BCUT2D eigenvalue weighted by Crippen LogP contribution is -2.06. The highest BCUT2D eigenvalue weighted by Crippen LogP contribution is 2.32. The number of fused-ring (bicyclic) bond motifs is 1. The molecule has 0 radical (unpaired) electrons. The number of allylic oxidation sites excluding steroid dienone is 1. The summed E-state index contributed by atoms with van der Waals surface area (Å²) in [6, 6.07) is 14.2. The molecule has 1 N–H and O–H groups in total. The van der Waals surface area contributed by atoms with Gasteiger partial charge in [-0.15, -0.1) is 0 Å². The number of ether oxygens (including phenoxy) is 1. The molecule has 21 heavy (non-hydrogen) atoms. The molecule has 4 heteroatoms. The highest BCUT2D eigenvalue weighted by atomic mass is 16.5. The third-order valence-electron chi connectivity index (χ3n) is 3.36. The van der Waals surface area contributed by atoms with Gasteiger partial charge in [0.25, 0.3) is 5.91 Å². The van der Waals surface area contributed by atoms with Gasteiger partial charge in [-0.05, 0) is 24.3 Å². The molecule has 0 bridgehead atoms. The van der Waals surface area contributed by atoms with Gasteiger partial charge in [0.05, 0.1) is 18.2 Å². The molecule has 1 amide bonds. The smallest absolute Gasteiger partial charge is 0.256 e. The minimum atomic E-state index is -0.264. The van der Waals surface area contributed by atoms with Crippen molar-refractivity contribution in [2.45, 2.75) is 0 Å². The van der Waals surface area contributed by atoms with E-state index < -0.39 is 0 Å². The lowest BCUT2D eigenvalue weighted by Gasteiger charge is -2.05. The zero-order valence-corrected chi connectivity index (χ0v) is 11.4. The molecule has 1 heterocycles. The molecule has 2 aromatic rings. The number of rotatable bonds is 3. The van der Waals surface area contributed by atoms with Crippen molar-refractivity contribution in [2.24, 2.45) is 0 Å². The quantitative estimate of drug-likeness (QED) is 0.694. The van der Waals surface area contributed by atoms with Gasteiger partial charge in [-0.2, -0.15) is 0 Å². The Kier molecular flexibility index (Phi) is 3.28. The van der Waals surface area contributed by atoms with Crippen LogP contribution in [0.3, 0.4) is 0 Å².